The highest BCUT2D eigenvalue weighted by atomic mass is 35.5. The number of nitrogens with zero attached hydrogens (tertiary/aromatic N) is 3. The Morgan fingerprint density at radius 3 is 2.46 bits per heavy atom. The summed E-state index contributed by atoms with van der Waals surface area (Å²) in [5.41, 5.74) is 2.72. The summed E-state index contributed by atoms with van der Waals surface area (Å²) in [6.45, 7) is 10.1. The highest BCUT2D eigenvalue weighted by Gasteiger charge is 2.48. The maximum absolute atomic E-state index is 13.6. The van der Waals surface area contributed by atoms with Crippen molar-refractivity contribution in [2.75, 3.05) is 77.6 Å². The predicted octanol–water partition coefficient (Wildman–Crippen LogP) is 4.74. The number of fused-ring (bicyclic) bond motifs is 3. The number of hydrogen-bond donors (Lipinski definition) is 3. The molecule has 3 N–H and O–H groups in total. The molecule has 2 aromatic rings. The molecule has 1 amide bonds. The van der Waals surface area contributed by atoms with E-state index < -0.39 is 26.8 Å². The quantitative estimate of drug-likeness (QED) is 0.339. The number of amides is 1. The Balaban J connectivity index is 1.34. The minimum atomic E-state index is -3.98. The number of aliphatic hydroxyl groups excluding tert-OH is 2. The number of benzene rings is 2. The number of halogens is 1. The lowest BCUT2D eigenvalue weighted by Gasteiger charge is -2.52. The fourth-order valence-corrected chi connectivity index (χ4v) is 10.1. The molecular weight excluding hydrogens is 728 g/mol. The average molecular weight is 787 g/mol. The predicted molar refractivity (Wildman–Crippen MR) is 213 cm³/mol. The Bertz CT molecular complexity index is 1730. The molecular formula is C41H59ClN4O7S. The fourth-order valence-electron chi connectivity index (χ4n) is 8.65. The molecule has 1 saturated carbocycles. The minimum absolute atomic E-state index is 0.0282. The van der Waals surface area contributed by atoms with E-state index in [1.54, 1.807) is 32.2 Å². The summed E-state index contributed by atoms with van der Waals surface area (Å²) >= 11 is 6.40. The number of methoxy groups -OCH3 is 1. The van der Waals surface area contributed by atoms with Gasteiger partial charge in [-0.15, -0.1) is 0 Å². The van der Waals surface area contributed by atoms with Crippen LogP contribution in [0.25, 0.3) is 0 Å². The number of aryl methyl sites for hydroxylation is 1. The number of sulfonamides is 1. The van der Waals surface area contributed by atoms with Crippen LogP contribution in [-0.4, -0.2) is 118 Å². The second-order valence-electron chi connectivity index (χ2n) is 16.0. The Hall–Kier alpha value is -2.71. The summed E-state index contributed by atoms with van der Waals surface area (Å²) in [4.78, 5) is 20.7. The SMILES string of the molecule is CO[C@@]1(CN2CCN(CC(CO)CO)CC2)/C=C/C[C@H](C)C(C)S(=O)(=O)NC(=O)c2ccc3c(c2)N(CCCCc2cc(Cl)ccc2CO3)C[C@@H]2CC[C@H]21. The summed E-state index contributed by atoms with van der Waals surface area (Å²) in [5.74, 6) is 0.136. The second-order valence-corrected chi connectivity index (χ2v) is 18.5. The van der Waals surface area contributed by atoms with Crippen molar-refractivity contribution in [3.8, 4) is 5.75 Å². The lowest BCUT2D eigenvalue weighted by Crippen LogP contribution is -2.59. The van der Waals surface area contributed by atoms with Gasteiger partial charge in [0, 0.05) is 89.2 Å². The van der Waals surface area contributed by atoms with E-state index in [2.05, 4.69) is 31.6 Å². The normalized spacial score (nSPS) is 29.2. The van der Waals surface area contributed by atoms with Gasteiger partial charge in [-0.3, -0.25) is 9.69 Å². The van der Waals surface area contributed by atoms with Crippen LogP contribution in [0, 0.1) is 23.7 Å². The third-order valence-corrected chi connectivity index (χ3v) is 14.7. The molecule has 54 heavy (non-hydrogen) atoms. The van der Waals surface area contributed by atoms with Gasteiger partial charge < -0.3 is 29.5 Å². The number of carbonyl (C=O) groups excluding carboxylic acids is 1. The highest BCUT2D eigenvalue weighted by Crippen LogP contribution is 2.47. The molecule has 0 spiro atoms. The molecule has 298 valence electrons. The van der Waals surface area contributed by atoms with Gasteiger partial charge in [0.2, 0.25) is 10.0 Å². The van der Waals surface area contributed by atoms with Crippen LogP contribution in [-0.2, 0) is 27.8 Å². The Morgan fingerprint density at radius 1 is 1.00 bits per heavy atom. The van der Waals surface area contributed by atoms with Crippen molar-refractivity contribution in [1.82, 2.24) is 14.5 Å². The molecule has 5 atom stereocenters. The molecule has 1 saturated heterocycles. The molecule has 13 heteroatoms. The van der Waals surface area contributed by atoms with Crippen LogP contribution >= 0.6 is 11.6 Å². The van der Waals surface area contributed by atoms with Crippen molar-refractivity contribution in [2.45, 2.75) is 69.8 Å². The van der Waals surface area contributed by atoms with Gasteiger partial charge in [-0.2, -0.15) is 0 Å². The topological polar surface area (TPSA) is 132 Å². The van der Waals surface area contributed by atoms with Crippen molar-refractivity contribution >= 4 is 33.2 Å². The number of aliphatic hydroxyl groups is 2. The lowest BCUT2D eigenvalue weighted by atomic mass is 9.63. The zero-order valence-electron chi connectivity index (χ0n) is 32.1. The minimum Gasteiger partial charge on any atom is -0.487 e. The van der Waals surface area contributed by atoms with Crippen molar-refractivity contribution < 1.29 is 32.9 Å². The second kappa shape index (κ2) is 18.0. The van der Waals surface area contributed by atoms with Gasteiger partial charge in [-0.05, 0) is 105 Å². The number of carbonyl (C=O) groups is 1. The van der Waals surface area contributed by atoms with Crippen LogP contribution in [0.5, 0.6) is 5.75 Å². The number of anilines is 1. The van der Waals surface area contributed by atoms with E-state index in [9.17, 15) is 23.4 Å². The van der Waals surface area contributed by atoms with Gasteiger partial charge in [0.1, 0.15) is 18.0 Å². The molecule has 2 fully saturated rings. The molecule has 4 aliphatic rings. The molecule has 0 aromatic heterocycles. The first-order chi connectivity index (χ1) is 25.9. The molecule has 6 rings (SSSR count). The van der Waals surface area contributed by atoms with Crippen LogP contribution in [0.2, 0.25) is 5.02 Å². The molecule has 11 nitrogen and oxygen atoms in total. The third kappa shape index (κ3) is 9.45. The van der Waals surface area contributed by atoms with Crippen LogP contribution in [0.3, 0.4) is 0 Å². The zero-order chi connectivity index (χ0) is 38.5. The van der Waals surface area contributed by atoms with Gasteiger partial charge in [0.25, 0.3) is 5.91 Å². The molecule has 1 unspecified atom stereocenters. The van der Waals surface area contributed by atoms with Gasteiger partial charge in [0.05, 0.1) is 10.9 Å². The monoisotopic (exact) mass is 786 g/mol. The Labute approximate surface area is 326 Å². The zero-order valence-corrected chi connectivity index (χ0v) is 33.7. The Kier molecular flexibility index (Phi) is 13.7. The largest absolute Gasteiger partial charge is 0.487 e. The van der Waals surface area contributed by atoms with Gasteiger partial charge >= 0.3 is 0 Å². The molecule has 3 aliphatic heterocycles. The van der Waals surface area contributed by atoms with E-state index in [0.717, 1.165) is 82.6 Å². The van der Waals surface area contributed by atoms with Crippen molar-refractivity contribution in [3.05, 3.63) is 70.3 Å². The van der Waals surface area contributed by atoms with E-state index in [0.29, 0.717) is 42.8 Å². The summed E-state index contributed by atoms with van der Waals surface area (Å²) in [7, 11) is -2.18. The number of nitrogens with one attached hydrogen (secondary N) is 1. The van der Waals surface area contributed by atoms with E-state index in [-0.39, 0.29) is 36.5 Å². The molecule has 1 aliphatic carbocycles. The average Bonchev–Trinajstić information content (AvgIpc) is 3.18. The van der Waals surface area contributed by atoms with Gasteiger partial charge in [-0.25, -0.2) is 13.1 Å². The molecule has 0 radical (unpaired) electrons. The first-order valence-electron chi connectivity index (χ1n) is 19.7. The summed E-state index contributed by atoms with van der Waals surface area (Å²) < 4.78 is 42.7. The van der Waals surface area contributed by atoms with Gasteiger partial charge in [0.15, 0.2) is 0 Å². The summed E-state index contributed by atoms with van der Waals surface area (Å²) in [5, 5.41) is 19.2. The number of hydrogen-bond acceptors (Lipinski definition) is 10. The van der Waals surface area contributed by atoms with Crippen molar-refractivity contribution in [3.63, 3.8) is 0 Å². The lowest BCUT2D eigenvalue weighted by molar-refractivity contribution is -0.0958. The van der Waals surface area contributed by atoms with Crippen molar-refractivity contribution in [1.29, 1.82) is 0 Å². The van der Waals surface area contributed by atoms with Crippen LogP contribution < -0.4 is 14.4 Å². The smallest absolute Gasteiger partial charge is 0.264 e. The number of rotatable bonds is 7. The van der Waals surface area contributed by atoms with E-state index in [4.69, 9.17) is 21.1 Å². The first-order valence-corrected chi connectivity index (χ1v) is 21.6. The molecule has 2 aromatic carbocycles. The van der Waals surface area contributed by atoms with Crippen LogP contribution in [0.4, 0.5) is 5.69 Å². The van der Waals surface area contributed by atoms with E-state index in [1.807, 2.05) is 25.1 Å². The van der Waals surface area contributed by atoms with E-state index in [1.165, 1.54) is 5.56 Å². The maximum atomic E-state index is 13.6. The van der Waals surface area contributed by atoms with E-state index >= 15 is 0 Å². The Morgan fingerprint density at radius 2 is 1.76 bits per heavy atom. The van der Waals surface area contributed by atoms with Crippen LogP contribution in [0.1, 0.15) is 67.4 Å². The summed E-state index contributed by atoms with van der Waals surface area (Å²) in [6.07, 6.45) is 9.62. The van der Waals surface area contributed by atoms with Gasteiger partial charge in [-0.1, -0.05) is 36.7 Å². The number of piperazine rings is 1. The fraction of sp³-hybridized carbons (Fsp3) is 0.634. The first kappa shape index (κ1) is 40.9. The highest BCUT2D eigenvalue weighted by molar-refractivity contribution is 7.90. The maximum Gasteiger partial charge on any atom is 0.264 e. The van der Waals surface area contributed by atoms with Crippen molar-refractivity contribution in [2.24, 2.45) is 23.7 Å². The number of allylic oxidation sites excluding steroid dienone is 1. The number of ether oxygens (including phenoxy) is 2. The van der Waals surface area contributed by atoms with Crippen LogP contribution in [0.15, 0.2) is 48.6 Å². The molecule has 2 bridgehead atoms. The third-order valence-electron chi connectivity index (χ3n) is 12.5. The summed E-state index contributed by atoms with van der Waals surface area (Å²) in [6, 6.07) is 11.2. The standard InChI is InChI=1S/C41H59ClN4O7S/c1-29-7-6-15-41(52-3,28-45-19-17-44(18-20-45)23-31(25-47)26-48)37-13-10-34(37)24-46-16-5-4-8-32-21-36(42)12-9-35(32)27-53-39-14-11-33(22-38(39)46)40(49)43-54(50,51)30(29)2/h6,9,11-12,14-15,21-22,29-31,34,37,47-48H,4-5,7-8,10,13,16-20,23-28H2,1-3H3,(H,43,49)/b15-6+/t29-,30?,34-,37+,41+/m0/s1. The molecule has 3 heterocycles.